The van der Waals surface area contributed by atoms with E-state index in [0.29, 0.717) is 31.7 Å². The summed E-state index contributed by atoms with van der Waals surface area (Å²) in [4.78, 5) is 31.7. The largest absolute Gasteiger partial charge is 0.444 e. The number of anilines is 1. The number of hydrogen-bond donors (Lipinski definition) is 1. The Morgan fingerprint density at radius 2 is 1.83 bits per heavy atom. The number of ether oxygens (including phenoxy) is 1. The maximum atomic E-state index is 12.0. The lowest BCUT2D eigenvalue weighted by molar-refractivity contribution is 0.0240. The molecule has 0 atom stereocenters. The Morgan fingerprint density at radius 1 is 1.17 bits per heavy atom. The third-order valence-electron chi connectivity index (χ3n) is 3.49. The number of amides is 2. The minimum absolute atomic E-state index is 0.154. The first kappa shape index (κ1) is 17.1. The molecule has 0 saturated carbocycles. The van der Waals surface area contributed by atoms with Crippen LogP contribution in [-0.4, -0.2) is 60.7 Å². The van der Waals surface area contributed by atoms with Crippen LogP contribution >= 0.6 is 0 Å². The summed E-state index contributed by atoms with van der Waals surface area (Å²) in [5, 5.41) is 2.57. The average molecular weight is 320 g/mol. The predicted octanol–water partition coefficient (Wildman–Crippen LogP) is 1.50. The number of hydrogen-bond acceptors (Lipinski definition) is 5. The van der Waals surface area contributed by atoms with Gasteiger partial charge in [0.1, 0.15) is 11.4 Å². The monoisotopic (exact) mass is 320 g/mol. The molecule has 1 fully saturated rings. The molecule has 1 N–H and O–H groups in total. The summed E-state index contributed by atoms with van der Waals surface area (Å²) in [6, 6.07) is 3.58. The first-order valence-corrected chi connectivity index (χ1v) is 7.71. The molecule has 1 aromatic heterocycles. The Hall–Kier alpha value is -2.31. The number of pyridine rings is 1. The van der Waals surface area contributed by atoms with E-state index >= 15 is 0 Å². The molecule has 0 bridgehead atoms. The highest BCUT2D eigenvalue weighted by Gasteiger charge is 2.26. The van der Waals surface area contributed by atoms with Crippen LogP contribution in [0, 0.1) is 0 Å². The fourth-order valence-corrected chi connectivity index (χ4v) is 2.30. The van der Waals surface area contributed by atoms with Crippen molar-refractivity contribution < 1.29 is 14.3 Å². The van der Waals surface area contributed by atoms with Gasteiger partial charge < -0.3 is 19.9 Å². The van der Waals surface area contributed by atoms with Crippen LogP contribution in [-0.2, 0) is 4.74 Å². The zero-order valence-corrected chi connectivity index (χ0v) is 14.1. The van der Waals surface area contributed by atoms with Crippen LogP contribution in [0.4, 0.5) is 10.6 Å². The molecule has 1 saturated heterocycles. The fourth-order valence-electron chi connectivity index (χ4n) is 2.30. The summed E-state index contributed by atoms with van der Waals surface area (Å²) in [6.45, 7) is 8.13. The third-order valence-corrected chi connectivity index (χ3v) is 3.49. The molecule has 1 aromatic rings. The van der Waals surface area contributed by atoms with Crippen LogP contribution in [0.25, 0.3) is 0 Å². The molecule has 2 rings (SSSR count). The van der Waals surface area contributed by atoms with Crippen molar-refractivity contribution in [1.82, 2.24) is 15.2 Å². The smallest absolute Gasteiger partial charge is 0.410 e. The van der Waals surface area contributed by atoms with Crippen molar-refractivity contribution in [2.45, 2.75) is 26.4 Å². The zero-order valence-electron chi connectivity index (χ0n) is 14.1. The Morgan fingerprint density at radius 3 is 2.30 bits per heavy atom. The molecular weight excluding hydrogens is 296 g/mol. The van der Waals surface area contributed by atoms with Gasteiger partial charge in [0, 0.05) is 39.4 Å². The number of nitrogens with one attached hydrogen (secondary N) is 1. The summed E-state index contributed by atoms with van der Waals surface area (Å²) in [7, 11) is 1.59. The van der Waals surface area contributed by atoms with E-state index in [9.17, 15) is 9.59 Å². The van der Waals surface area contributed by atoms with E-state index in [1.54, 1.807) is 24.2 Å². The molecule has 0 spiro atoms. The van der Waals surface area contributed by atoms with Crippen LogP contribution < -0.4 is 10.2 Å². The van der Waals surface area contributed by atoms with Crippen molar-refractivity contribution in [2.75, 3.05) is 38.1 Å². The molecule has 1 aliphatic rings. The Balaban J connectivity index is 1.91. The van der Waals surface area contributed by atoms with Crippen LogP contribution in [0.15, 0.2) is 18.3 Å². The second-order valence-electron chi connectivity index (χ2n) is 6.44. The molecule has 23 heavy (non-hydrogen) atoms. The number of rotatable bonds is 2. The quantitative estimate of drug-likeness (QED) is 0.894. The van der Waals surface area contributed by atoms with Gasteiger partial charge in [-0.3, -0.25) is 4.79 Å². The second-order valence-corrected chi connectivity index (χ2v) is 6.44. The minimum atomic E-state index is -0.481. The summed E-state index contributed by atoms with van der Waals surface area (Å²) >= 11 is 0. The summed E-state index contributed by atoms with van der Waals surface area (Å²) < 4.78 is 5.38. The molecule has 0 unspecified atom stereocenters. The highest BCUT2D eigenvalue weighted by atomic mass is 16.6. The number of piperazine rings is 1. The van der Waals surface area contributed by atoms with Crippen molar-refractivity contribution in [1.29, 1.82) is 0 Å². The van der Waals surface area contributed by atoms with Crippen LogP contribution in [0.2, 0.25) is 0 Å². The van der Waals surface area contributed by atoms with Crippen LogP contribution in [0.1, 0.15) is 31.1 Å². The van der Waals surface area contributed by atoms with Crippen LogP contribution in [0.3, 0.4) is 0 Å². The molecule has 126 valence electrons. The van der Waals surface area contributed by atoms with Gasteiger partial charge in [0.25, 0.3) is 5.91 Å². The predicted molar refractivity (Wildman–Crippen MR) is 87.6 cm³/mol. The normalized spacial score (nSPS) is 15.3. The molecule has 7 heteroatoms. The highest BCUT2D eigenvalue weighted by Crippen LogP contribution is 2.16. The molecule has 2 amide bonds. The molecular formula is C16H24N4O3. The Labute approximate surface area is 136 Å². The van der Waals surface area contributed by atoms with Gasteiger partial charge in [0.2, 0.25) is 0 Å². The lowest BCUT2D eigenvalue weighted by Crippen LogP contribution is -2.50. The van der Waals surface area contributed by atoms with E-state index in [1.807, 2.05) is 26.8 Å². The lowest BCUT2D eigenvalue weighted by atomic mass is 10.2. The Bertz CT molecular complexity index is 558. The van der Waals surface area contributed by atoms with Gasteiger partial charge in [-0.2, -0.15) is 0 Å². The van der Waals surface area contributed by atoms with E-state index in [0.717, 1.165) is 5.82 Å². The summed E-state index contributed by atoms with van der Waals surface area (Å²) in [5.41, 5.74) is 0.0504. The van der Waals surface area contributed by atoms with Gasteiger partial charge in [-0.1, -0.05) is 0 Å². The average Bonchev–Trinajstić information content (AvgIpc) is 2.53. The van der Waals surface area contributed by atoms with Gasteiger partial charge in [-0.15, -0.1) is 0 Å². The van der Waals surface area contributed by atoms with E-state index in [-0.39, 0.29) is 12.0 Å². The first-order chi connectivity index (χ1) is 10.8. The van der Waals surface area contributed by atoms with Crippen molar-refractivity contribution in [3.05, 3.63) is 23.9 Å². The van der Waals surface area contributed by atoms with E-state index in [1.165, 1.54) is 0 Å². The molecule has 0 aliphatic carbocycles. The molecule has 0 aromatic carbocycles. The van der Waals surface area contributed by atoms with Gasteiger partial charge in [-0.05, 0) is 32.9 Å². The van der Waals surface area contributed by atoms with E-state index in [2.05, 4.69) is 15.2 Å². The fraction of sp³-hybridized carbons (Fsp3) is 0.562. The van der Waals surface area contributed by atoms with Crippen molar-refractivity contribution in [3.8, 4) is 0 Å². The van der Waals surface area contributed by atoms with E-state index < -0.39 is 5.60 Å². The standard InChI is InChI=1S/C16H24N4O3/c1-16(2,3)23-15(22)20-9-7-19(8-10-20)13-6-5-12(11-18-13)14(21)17-4/h5-6,11H,7-10H2,1-4H3,(H,17,21). The second kappa shape index (κ2) is 6.85. The van der Waals surface area contributed by atoms with Crippen molar-refractivity contribution in [2.24, 2.45) is 0 Å². The number of carbonyl (C=O) groups excluding carboxylic acids is 2. The highest BCUT2D eigenvalue weighted by molar-refractivity contribution is 5.93. The zero-order chi connectivity index (χ0) is 17.0. The van der Waals surface area contributed by atoms with Gasteiger partial charge in [-0.25, -0.2) is 9.78 Å². The Kier molecular flexibility index (Phi) is 5.08. The van der Waals surface area contributed by atoms with Crippen molar-refractivity contribution in [3.63, 3.8) is 0 Å². The molecule has 2 heterocycles. The van der Waals surface area contributed by atoms with Crippen molar-refractivity contribution >= 4 is 17.8 Å². The van der Waals surface area contributed by atoms with Gasteiger partial charge >= 0.3 is 6.09 Å². The van der Waals surface area contributed by atoms with Crippen LogP contribution in [0.5, 0.6) is 0 Å². The third kappa shape index (κ3) is 4.58. The minimum Gasteiger partial charge on any atom is -0.444 e. The van der Waals surface area contributed by atoms with Gasteiger partial charge in [0.15, 0.2) is 0 Å². The summed E-state index contributed by atoms with van der Waals surface area (Å²) in [5.74, 6) is 0.653. The molecule has 0 radical (unpaired) electrons. The van der Waals surface area contributed by atoms with E-state index in [4.69, 9.17) is 4.74 Å². The first-order valence-electron chi connectivity index (χ1n) is 7.71. The number of aromatic nitrogens is 1. The lowest BCUT2D eigenvalue weighted by Gasteiger charge is -2.36. The molecule has 1 aliphatic heterocycles. The number of nitrogens with zero attached hydrogens (tertiary/aromatic N) is 3. The maximum absolute atomic E-state index is 12.0. The summed E-state index contributed by atoms with van der Waals surface area (Å²) in [6.07, 6.45) is 1.29. The SMILES string of the molecule is CNC(=O)c1ccc(N2CCN(C(=O)OC(C)(C)C)CC2)nc1. The maximum Gasteiger partial charge on any atom is 0.410 e. The topological polar surface area (TPSA) is 74.8 Å². The number of carbonyl (C=O) groups is 2. The van der Waals surface area contributed by atoms with Gasteiger partial charge in [0.05, 0.1) is 5.56 Å². The molecule has 7 nitrogen and oxygen atoms in total.